The summed E-state index contributed by atoms with van der Waals surface area (Å²) in [7, 11) is 0. The zero-order valence-electron chi connectivity index (χ0n) is 13.7. The number of rotatable bonds is 6. The van der Waals surface area contributed by atoms with Crippen molar-refractivity contribution in [3.05, 3.63) is 21.9 Å². The lowest BCUT2D eigenvalue weighted by molar-refractivity contribution is -0.123. The van der Waals surface area contributed by atoms with Crippen molar-refractivity contribution in [1.29, 1.82) is 0 Å². The van der Waals surface area contributed by atoms with Gasteiger partial charge in [-0.05, 0) is 32.9 Å². The largest absolute Gasteiger partial charge is 0.392 e. The third-order valence-electron chi connectivity index (χ3n) is 3.97. The van der Waals surface area contributed by atoms with Gasteiger partial charge in [0.2, 0.25) is 5.91 Å². The van der Waals surface area contributed by atoms with E-state index in [0.29, 0.717) is 25.7 Å². The molecule has 1 aromatic rings. The molecular formula is C16H27N3O2S. The normalized spacial score (nSPS) is 21.7. The van der Waals surface area contributed by atoms with Gasteiger partial charge >= 0.3 is 0 Å². The number of aliphatic hydroxyl groups is 1. The first kappa shape index (κ1) is 17.4. The van der Waals surface area contributed by atoms with Crippen molar-refractivity contribution < 1.29 is 9.90 Å². The minimum absolute atomic E-state index is 0.0854. The van der Waals surface area contributed by atoms with Gasteiger partial charge in [-0.15, -0.1) is 11.3 Å². The van der Waals surface area contributed by atoms with Crippen LogP contribution in [0, 0.1) is 6.92 Å². The molecule has 22 heavy (non-hydrogen) atoms. The van der Waals surface area contributed by atoms with Gasteiger partial charge < -0.3 is 10.4 Å². The highest BCUT2D eigenvalue weighted by Gasteiger charge is 2.25. The minimum atomic E-state index is -0.299. The predicted molar refractivity (Wildman–Crippen MR) is 90.1 cm³/mol. The van der Waals surface area contributed by atoms with E-state index in [9.17, 15) is 9.90 Å². The fourth-order valence-electron chi connectivity index (χ4n) is 2.85. The number of piperazine rings is 1. The van der Waals surface area contributed by atoms with Gasteiger partial charge in [-0.3, -0.25) is 14.6 Å². The zero-order chi connectivity index (χ0) is 16.1. The summed E-state index contributed by atoms with van der Waals surface area (Å²) < 4.78 is 0. The quantitative estimate of drug-likeness (QED) is 0.821. The second kappa shape index (κ2) is 8.06. The third-order valence-corrected chi connectivity index (χ3v) is 4.97. The second-order valence-corrected chi connectivity index (χ2v) is 7.59. The fraction of sp³-hybridized carbons (Fsp3) is 0.688. The molecular weight excluding hydrogens is 298 g/mol. The van der Waals surface area contributed by atoms with Gasteiger partial charge in [-0.2, -0.15) is 0 Å². The molecule has 1 fully saturated rings. The van der Waals surface area contributed by atoms with Crippen LogP contribution in [-0.4, -0.2) is 65.7 Å². The molecule has 1 aliphatic rings. The summed E-state index contributed by atoms with van der Waals surface area (Å²) in [4.78, 5) is 19.0. The predicted octanol–water partition coefficient (Wildman–Crippen LogP) is 1.06. The van der Waals surface area contributed by atoms with Crippen molar-refractivity contribution >= 4 is 17.2 Å². The van der Waals surface area contributed by atoms with Crippen molar-refractivity contribution in [2.24, 2.45) is 0 Å². The summed E-state index contributed by atoms with van der Waals surface area (Å²) in [6.07, 6.45) is -0.299. The molecule has 0 aliphatic carbocycles. The maximum atomic E-state index is 12.1. The monoisotopic (exact) mass is 325 g/mol. The number of aliphatic hydroxyl groups excluding tert-OH is 1. The molecule has 1 aromatic heterocycles. The van der Waals surface area contributed by atoms with E-state index in [2.05, 4.69) is 41.1 Å². The molecule has 0 radical (unpaired) electrons. The van der Waals surface area contributed by atoms with Gasteiger partial charge in [-0.25, -0.2) is 0 Å². The van der Waals surface area contributed by atoms with Crippen LogP contribution in [0.3, 0.4) is 0 Å². The first-order chi connectivity index (χ1) is 10.4. The van der Waals surface area contributed by atoms with Gasteiger partial charge in [0.25, 0.3) is 0 Å². The van der Waals surface area contributed by atoms with Crippen molar-refractivity contribution in [2.45, 2.75) is 39.5 Å². The molecule has 1 aliphatic heterocycles. The Morgan fingerprint density at radius 1 is 1.50 bits per heavy atom. The van der Waals surface area contributed by atoms with Crippen LogP contribution in [0.15, 0.2) is 12.1 Å². The molecule has 0 saturated carbocycles. The van der Waals surface area contributed by atoms with Crippen molar-refractivity contribution in [3.8, 4) is 0 Å². The Labute approximate surface area is 136 Å². The van der Waals surface area contributed by atoms with Crippen molar-refractivity contribution in [1.82, 2.24) is 15.1 Å². The molecule has 0 aromatic carbocycles. The summed E-state index contributed by atoms with van der Waals surface area (Å²) in [5, 5.41) is 12.5. The van der Waals surface area contributed by atoms with E-state index >= 15 is 0 Å². The highest BCUT2D eigenvalue weighted by atomic mass is 32.1. The van der Waals surface area contributed by atoms with Gasteiger partial charge in [0.05, 0.1) is 19.2 Å². The first-order valence-corrected chi connectivity index (χ1v) is 8.72. The number of hydrogen-bond donors (Lipinski definition) is 2. The average Bonchev–Trinajstić information content (AvgIpc) is 2.85. The van der Waals surface area contributed by atoms with E-state index in [1.165, 1.54) is 9.75 Å². The lowest BCUT2D eigenvalue weighted by Crippen LogP contribution is -2.55. The summed E-state index contributed by atoms with van der Waals surface area (Å²) in [6.45, 7) is 10.5. The molecule has 6 heteroatoms. The fourth-order valence-corrected chi connectivity index (χ4v) is 3.68. The first-order valence-electron chi connectivity index (χ1n) is 7.90. The molecule has 2 rings (SSSR count). The number of carbonyl (C=O) groups excluding carboxylic acids is 1. The van der Waals surface area contributed by atoms with Gasteiger partial charge in [0, 0.05) is 42.0 Å². The Morgan fingerprint density at radius 3 is 2.86 bits per heavy atom. The number of carbonyl (C=O) groups is 1. The summed E-state index contributed by atoms with van der Waals surface area (Å²) >= 11 is 1.72. The molecule has 5 nitrogen and oxygen atoms in total. The summed E-state index contributed by atoms with van der Waals surface area (Å²) in [6, 6.07) is 4.52. The lowest BCUT2D eigenvalue weighted by Gasteiger charge is -2.40. The SMILES string of the molecule is Cc1ccc(CNC(=O)CN2CCN(C[C@H](C)O)[C@@H](C)C2)s1. The number of aryl methyl sites for hydroxylation is 1. The van der Waals surface area contributed by atoms with E-state index in [1.54, 1.807) is 11.3 Å². The topological polar surface area (TPSA) is 55.8 Å². The molecule has 2 atom stereocenters. The van der Waals surface area contributed by atoms with Crippen molar-refractivity contribution in [3.63, 3.8) is 0 Å². The van der Waals surface area contributed by atoms with E-state index in [4.69, 9.17) is 0 Å². The Bertz CT molecular complexity index is 489. The van der Waals surface area contributed by atoms with Crippen LogP contribution in [0.5, 0.6) is 0 Å². The standard InChI is InChI=1S/C16H27N3O2S/c1-12-9-18(6-7-19(12)10-13(2)20)11-16(21)17-8-15-5-4-14(3)22-15/h4-5,12-13,20H,6-11H2,1-3H3,(H,17,21)/t12-,13-/m0/s1. The molecule has 0 bridgehead atoms. The second-order valence-electron chi connectivity index (χ2n) is 6.22. The number of thiophene rings is 1. The van der Waals surface area contributed by atoms with Crippen molar-refractivity contribution in [2.75, 3.05) is 32.7 Å². The summed E-state index contributed by atoms with van der Waals surface area (Å²) in [5.74, 6) is 0.0854. The van der Waals surface area contributed by atoms with Crippen LogP contribution >= 0.6 is 11.3 Å². The molecule has 2 heterocycles. The Balaban J connectivity index is 1.71. The minimum Gasteiger partial charge on any atom is -0.392 e. The highest BCUT2D eigenvalue weighted by molar-refractivity contribution is 7.11. The Kier molecular flexibility index (Phi) is 6.37. The average molecular weight is 325 g/mol. The number of nitrogens with one attached hydrogen (secondary N) is 1. The number of hydrogen-bond acceptors (Lipinski definition) is 5. The van der Waals surface area contributed by atoms with Gasteiger partial charge in [0.15, 0.2) is 0 Å². The van der Waals surface area contributed by atoms with Crippen LogP contribution in [0.4, 0.5) is 0 Å². The number of β-amino-alcohol motifs (C(OH)–C–C–N with tert-alkyl or cyclic N) is 1. The zero-order valence-corrected chi connectivity index (χ0v) is 14.5. The smallest absolute Gasteiger partial charge is 0.234 e. The molecule has 2 N–H and O–H groups in total. The van der Waals surface area contributed by atoms with E-state index in [0.717, 1.165) is 19.6 Å². The van der Waals surface area contributed by atoms with E-state index in [-0.39, 0.29) is 12.0 Å². The lowest BCUT2D eigenvalue weighted by atomic mass is 10.1. The Hall–Kier alpha value is -0.950. The van der Waals surface area contributed by atoms with E-state index in [1.807, 2.05) is 6.92 Å². The van der Waals surface area contributed by atoms with Gasteiger partial charge in [0.1, 0.15) is 0 Å². The molecule has 0 spiro atoms. The van der Waals surface area contributed by atoms with Crippen LogP contribution in [-0.2, 0) is 11.3 Å². The number of nitrogens with zero attached hydrogens (tertiary/aromatic N) is 2. The molecule has 1 saturated heterocycles. The molecule has 124 valence electrons. The third kappa shape index (κ3) is 5.35. The number of amides is 1. The van der Waals surface area contributed by atoms with E-state index < -0.39 is 0 Å². The van der Waals surface area contributed by atoms with Gasteiger partial charge in [-0.1, -0.05) is 0 Å². The molecule has 0 unspecified atom stereocenters. The van der Waals surface area contributed by atoms with Crippen LogP contribution in [0.1, 0.15) is 23.6 Å². The van der Waals surface area contributed by atoms with Crippen LogP contribution < -0.4 is 5.32 Å². The van der Waals surface area contributed by atoms with Crippen LogP contribution in [0.25, 0.3) is 0 Å². The Morgan fingerprint density at radius 2 is 2.27 bits per heavy atom. The summed E-state index contributed by atoms with van der Waals surface area (Å²) in [5.41, 5.74) is 0. The highest BCUT2D eigenvalue weighted by Crippen LogP contribution is 2.14. The van der Waals surface area contributed by atoms with Crippen LogP contribution in [0.2, 0.25) is 0 Å². The maximum absolute atomic E-state index is 12.1. The maximum Gasteiger partial charge on any atom is 0.234 e. The molecule has 1 amide bonds.